The van der Waals surface area contributed by atoms with E-state index in [1.807, 2.05) is 0 Å². The van der Waals surface area contributed by atoms with Gasteiger partial charge in [0.25, 0.3) is 0 Å². The number of hydrogen-bond acceptors (Lipinski definition) is 3. The minimum Gasteiger partial charge on any atom is -0.381 e. The maximum Gasteiger partial charge on any atom is 0.161 e. The van der Waals surface area contributed by atoms with Crippen molar-refractivity contribution in [2.75, 3.05) is 12.3 Å². The van der Waals surface area contributed by atoms with Crippen LogP contribution < -0.4 is 5.73 Å². The summed E-state index contributed by atoms with van der Waals surface area (Å²) in [5.41, 5.74) is 14.1. The SMILES string of the molecule is Cn1cc(C#CCN=[N+]=[N-])c(N)n1. The summed E-state index contributed by atoms with van der Waals surface area (Å²) < 4.78 is 1.58. The molecule has 0 fully saturated rings. The molecule has 0 aliphatic rings. The molecule has 1 aromatic heterocycles. The molecule has 1 heterocycles. The number of nitrogen functional groups attached to an aromatic ring is 1. The van der Waals surface area contributed by atoms with E-state index in [0.29, 0.717) is 11.4 Å². The summed E-state index contributed by atoms with van der Waals surface area (Å²) in [6.45, 7) is 0.144. The van der Waals surface area contributed by atoms with Crippen LogP contribution in [-0.2, 0) is 7.05 Å². The molecule has 6 heteroatoms. The molecule has 66 valence electrons. The Bertz CT molecular complexity index is 400. The Hall–Kier alpha value is -2.12. The molecule has 0 spiro atoms. The number of nitrogens with two attached hydrogens (primary N) is 1. The standard InChI is InChI=1S/C7H8N6/c1-13-5-6(7(8)11-13)3-2-4-10-12-9/h5H,4H2,1H3,(H2,8,11). The number of aromatic nitrogens is 2. The zero-order valence-electron chi connectivity index (χ0n) is 7.10. The summed E-state index contributed by atoms with van der Waals surface area (Å²) in [5.74, 6) is 5.78. The first-order valence-corrected chi connectivity index (χ1v) is 3.53. The lowest BCUT2D eigenvalue weighted by Crippen LogP contribution is -1.90. The van der Waals surface area contributed by atoms with Crippen LogP contribution in [0.5, 0.6) is 0 Å². The van der Waals surface area contributed by atoms with E-state index < -0.39 is 0 Å². The Balaban J connectivity index is 2.76. The molecule has 0 saturated heterocycles. The van der Waals surface area contributed by atoms with Gasteiger partial charge >= 0.3 is 0 Å². The Morgan fingerprint density at radius 3 is 3.15 bits per heavy atom. The Kier molecular flexibility index (Phi) is 2.79. The molecule has 2 N–H and O–H groups in total. The van der Waals surface area contributed by atoms with Crippen LogP contribution in [0.2, 0.25) is 0 Å². The summed E-state index contributed by atoms with van der Waals surface area (Å²) in [6, 6.07) is 0. The van der Waals surface area contributed by atoms with Crippen LogP contribution in [0, 0.1) is 11.8 Å². The van der Waals surface area contributed by atoms with Crippen molar-refractivity contribution in [2.24, 2.45) is 12.2 Å². The lowest BCUT2D eigenvalue weighted by molar-refractivity contribution is 0.772. The normalized spacial score (nSPS) is 8.38. The molecule has 0 aliphatic carbocycles. The zero-order valence-corrected chi connectivity index (χ0v) is 7.10. The van der Waals surface area contributed by atoms with Gasteiger partial charge in [-0.3, -0.25) is 4.68 Å². The summed E-state index contributed by atoms with van der Waals surface area (Å²) in [6.07, 6.45) is 1.71. The largest absolute Gasteiger partial charge is 0.381 e. The first kappa shape index (κ1) is 8.97. The van der Waals surface area contributed by atoms with E-state index in [0.717, 1.165) is 0 Å². The average Bonchev–Trinajstić information content (AvgIpc) is 2.39. The second-order valence-corrected chi connectivity index (χ2v) is 2.29. The summed E-state index contributed by atoms with van der Waals surface area (Å²) in [4.78, 5) is 2.56. The highest BCUT2D eigenvalue weighted by Crippen LogP contribution is 2.04. The van der Waals surface area contributed by atoms with E-state index in [4.69, 9.17) is 11.3 Å². The van der Waals surface area contributed by atoms with E-state index >= 15 is 0 Å². The van der Waals surface area contributed by atoms with Gasteiger partial charge in [0.05, 0.1) is 12.1 Å². The van der Waals surface area contributed by atoms with Crippen molar-refractivity contribution in [3.05, 3.63) is 22.2 Å². The number of nitrogens with zero attached hydrogens (tertiary/aromatic N) is 5. The van der Waals surface area contributed by atoms with Crippen LogP contribution in [0.1, 0.15) is 5.56 Å². The van der Waals surface area contributed by atoms with Crippen molar-refractivity contribution in [3.8, 4) is 11.8 Å². The van der Waals surface area contributed by atoms with E-state index in [2.05, 4.69) is 27.0 Å². The third kappa shape index (κ3) is 2.43. The fourth-order valence-electron chi connectivity index (χ4n) is 0.804. The number of hydrogen-bond donors (Lipinski definition) is 1. The van der Waals surface area contributed by atoms with Crippen molar-refractivity contribution in [3.63, 3.8) is 0 Å². The minimum absolute atomic E-state index is 0.144. The maximum atomic E-state index is 7.97. The second kappa shape index (κ2) is 4.04. The topological polar surface area (TPSA) is 92.6 Å². The molecule has 0 amide bonds. The predicted octanol–water partition coefficient (Wildman–Crippen LogP) is 0.664. The van der Waals surface area contributed by atoms with Gasteiger partial charge in [0.2, 0.25) is 0 Å². The first-order valence-electron chi connectivity index (χ1n) is 3.53. The molecule has 0 bridgehead atoms. The number of anilines is 1. The average molecular weight is 176 g/mol. The quantitative estimate of drug-likeness (QED) is 0.294. The molecular formula is C7H8N6. The summed E-state index contributed by atoms with van der Waals surface area (Å²) in [5, 5.41) is 7.16. The van der Waals surface area contributed by atoms with Gasteiger partial charge in [0, 0.05) is 18.2 Å². The maximum absolute atomic E-state index is 7.97. The predicted molar refractivity (Wildman–Crippen MR) is 48.5 cm³/mol. The van der Waals surface area contributed by atoms with Crippen LogP contribution in [-0.4, -0.2) is 16.3 Å². The molecule has 0 radical (unpaired) electrons. The Morgan fingerprint density at radius 2 is 2.62 bits per heavy atom. The molecule has 0 unspecified atom stereocenters. The highest BCUT2D eigenvalue weighted by molar-refractivity contribution is 5.49. The highest BCUT2D eigenvalue weighted by Gasteiger charge is 1.98. The van der Waals surface area contributed by atoms with Gasteiger partial charge in [0.1, 0.15) is 0 Å². The molecule has 0 aromatic carbocycles. The first-order chi connectivity index (χ1) is 6.24. The van der Waals surface area contributed by atoms with E-state index in [9.17, 15) is 0 Å². The van der Waals surface area contributed by atoms with Crippen LogP contribution >= 0.6 is 0 Å². The van der Waals surface area contributed by atoms with Crippen molar-refractivity contribution in [2.45, 2.75) is 0 Å². The highest BCUT2D eigenvalue weighted by atomic mass is 15.3. The Labute approximate surface area is 75.0 Å². The lowest BCUT2D eigenvalue weighted by atomic mass is 10.3. The van der Waals surface area contributed by atoms with Gasteiger partial charge in [-0.25, -0.2) is 0 Å². The summed E-state index contributed by atoms with van der Waals surface area (Å²) in [7, 11) is 1.76. The monoisotopic (exact) mass is 176 g/mol. The smallest absolute Gasteiger partial charge is 0.161 e. The molecule has 6 nitrogen and oxygen atoms in total. The van der Waals surface area contributed by atoms with Crippen LogP contribution in [0.25, 0.3) is 10.4 Å². The van der Waals surface area contributed by atoms with Crippen LogP contribution in [0.4, 0.5) is 5.82 Å². The van der Waals surface area contributed by atoms with Crippen molar-refractivity contribution < 1.29 is 0 Å². The van der Waals surface area contributed by atoms with Crippen molar-refractivity contribution >= 4 is 5.82 Å². The fourth-order valence-corrected chi connectivity index (χ4v) is 0.804. The third-order valence-electron chi connectivity index (χ3n) is 1.29. The van der Waals surface area contributed by atoms with E-state index in [1.165, 1.54) is 0 Å². The third-order valence-corrected chi connectivity index (χ3v) is 1.29. The zero-order chi connectivity index (χ0) is 9.68. The van der Waals surface area contributed by atoms with Gasteiger partial charge in [-0.15, -0.1) is 0 Å². The van der Waals surface area contributed by atoms with Crippen molar-refractivity contribution in [1.29, 1.82) is 0 Å². The number of rotatable bonds is 1. The molecule has 0 aliphatic heterocycles. The van der Waals surface area contributed by atoms with Crippen molar-refractivity contribution in [1.82, 2.24) is 9.78 Å². The van der Waals surface area contributed by atoms with Crippen LogP contribution in [0.15, 0.2) is 11.3 Å². The summed E-state index contributed by atoms with van der Waals surface area (Å²) >= 11 is 0. The van der Waals surface area contributed by atoms with E-state index in [-0.39, 0.29) is 6.54 Å². The van der Waals surface area contributed by atoms with Gasteiger partial charge < -0.3 is 5.73 Å². The van der Waals surface area contributed by atoms with Gasteiger partial charge in [-0.1, -0.05) is 17.0 Å². The van der Waals surface area contributed by atoms with Gasteiger partial charge in [-0.2, -0.15) is 5.10 Å². The molecular weight excluding hydrogens is 168 g/mol. The van der Waals surface area contributed by atoms with E-state index in [1.54, 1.807) is 17.9 Å². The van der Waals surface area contributed by atoms with Crippen LogP contribution in [0.3, 0.4) is 0 Å². The lowest BCUT2D eigenvalue weighted by Gasteiger charge is -1.80. The molecule has 1 aromatic rings. The Morgan fingerprint density at radius 1 is 1.85 bits per heavy atom. The molecule has 13 heavy (non-hydrogen) atoms. The second-order valence-electron chi connectivity index (χ2n) is 2.29. The molecule has 0 saturated carbocycles. The number of aryl methyl sites for hydroxylation is 1. The van der Waals surface area contributed by atoms with Gasteiger partial charge in [0.15, 0.2) is 5.82 Å². The molecule has 1 rings (SSSR count). The molecule has 0 atom stereocenters. The minimum atomic E-state index is 0.144. The van der Waals surface area contributed by atoms with Gasteiger partial charge in [-0.05, 0) is 5.53 Å². The number of azide groups is 1. The fraction of sp³-hybridized carbons (Fsp3) is 0.286.